The van der Waals surface area contributed by atoms with Gasteiger partial charge in [-0.1, -0.05) is 12.8 Å². The lowest BCUT2D eigenvalue weighted by molar-refractivity contribution is -0.125. The molecular weight excluding hydrogens is 228 g/mol. The zero-order valence-electron chi connectivity index (χ0n) is 11.2. The monoisotopic (exact) mass is 254 g/mol. The van der Waals surface area contributed by atoms with Crippen molar-refractivity contribution in [3.05, 3.63) is 0 Å². The number of hydrogen-bond acceptors (Lipinski definition) is 3. The van der Waals surface area contributed by atoms with Crippen LogP contribution in [0.2, 0.25) is 0 Å². The first-order valence-corrected chi connectivity index (χ1v) is 7.28. The molecule has 0 radical (unpaired) electrons. The zero-order valence-corrected chi connectivity index (χ0v) is 11.2. The molecule has 0 aromatic heterocycles. The van der Waals surface area contributed by atoms with Crippen LogP contribution in [0.4, 0.5) is 0 Å². The van der Waals surface area contributed by atoms with E-state index in [2.05, 4.69) is 5.32 Å². The summed E-state index contributed by atoms with van der Waals surface area (Å²) in [6.45, 7) is 1.35. The Bertz CT molecular complexity index is 284. The Morgan fingerprint density at radius 2 is 2.11 bits per heavy atom. The third-order valence-electron chi connectivity index (χ3n) is 4.73. The van der Waals surface area contributed by atoms with E-state index >= 15 is 0 Å². The Kier molecular flexibility index (Phi) is 4.62. The maximum absolute atomic E-state index is 11.9. The van der Waals surface area contributed by atoms with E-state index in [0.29, 0.717) is 18.9 Å². The lowest BCUT2D eigenvalue weighted by Gasteiger charge is -2.40. The number of aliphatic hydroxyl groups is 1. The summed E-state index contributed by atoms with van der Waals surface area (Å²) in [5.74, 6) is 0.591. The highest BCUT2D eigenvalue weighted by Gasteiger charge is 2.37. The van der Waals surface area contributed by atoms with Gasteiger partial charge >= 0.3 is 0 Å². The van der Waals surface area contributed by atoms with Crippen molar-refractivity contribution >= 4 is 5.91 Å². The topological polar surface area (TPSA) is 75.4 Å². The molecule has 2 aliphatic carbocycles. The van der Waals surface area contributed by atoms with E-state index in [0.717, 1.165) is 45.1 Å². The standard InChI is InChI=1S/C14H26N2O2/c15-10-14(5-2-6-14)8-13(18)16-9-11-3-1-4-12(17)7-11/h11-12,17H,1-10,15H2,(H,16,18). The van der Waals surface area contributed by atoms with Crippen LogP contribution in [0.5, 0.6) is 0 Å². The SMILES string of the molecule is NCC1(CC(=O)NCC2CCCC(O)C2)CCC1. The summed E-state index contributed by atoms with van der Waals surface area (Å²) < 4.78 is 0. The van der Waals surface area contributed by atoms with Crippen LogP contribution in [0, 0.1) is 11.3 Å². The summed E-state index contributed by atoms with van der Waals surface area (Å²) in [6, 6.07) is 0. The van der Waals surface area contributed by atoms with E-state index in [4.69, 9.17) is 5.73 Å². The number of carbonyl (C=O) groups is 1. The molecule has 0 spiro atoms. The van der Waals surface area contributed by atoms with Gasteiger partial charge in [-0.15, -0.1) is 0 Å². The number of hydrogen-bond donors (Lipinski definition) is 3. The molecule has 2 unspecified atom stereocenters. The van der Waals surface area contributed by atoms with Gasteiger partial charge in [-0.05, 0) is 50.0 Å². The van der Waals surface area contributed by atoms with Gasteiger partial charge in [0.2, 0.25) is 5.91 Å². The summed E-state index contributed by atoms with van der Waals surface area (Å²) in [5.41, 5.74) is 5.85. The minimum absolute atomic E-state index is 0.0934. The van der Waals surface area contributed by atoms with Crippen molar-refractivity contribution < 1.29 is 9.90 Å². The summed E-state index contributed by atoms with van der Waals surface area (Å²) in [4.78, 5) is 11.9. The van der Waals surface area contributed by atoms with Gasteiger partial charge in [-0.25, -0.2) is 0 Å². The van der Waals surface area contributed by atoms with Crippen molar-refractivity contribution in [1.29, 1.82) is 0 Å². The Hall–Kier alpha value is -0.610. The molecule has 0 aromatic rings. The maximum atomic E-state index is 11.9. The minimum Gasteiger partial charge on any atom is -0.393 e. The van der Waals surface area contributed by atoms with E-state index in [9.17, 15) is 9.90 Å². The first-order valence-electron chi connectivity index (χ1n) is 7.28. The fourth-order valence-electron chi connectivity index (χ4n) is 3.24. The van der Waals surface area contributed by atoms with Crippen LogP contribution >= 0.6 is 0 Å². The van der Waals surface area contributed by atoms with Crippen LogP contribution in [0.1, 0.15) is 51.4 Å². The molecule has 104 valence electrons. The van der Waals surface area contributed by atoms with Crippen LogP contribution in [0.25, 0.3) is 0 Å². The van der Waals surface area contributed by atoms with Gasteiger partial charge < -0.3 is 16.2 Å². The Morgan fingerprint density at radius 3 is 2.67 bits per heavy atom. The molecule has 2 saturated carbocycles. The summed E-state index contributed by atoms with van der Waals surface area (Å²) >= 11 is 0. The van der Waals surface area contributed by atoms with Gasteiger partial charge in [0.15, 0.2) is 0 Å². The zero-order chi connectivity index (χ0) is 13.0. The van der Waals surface area contributed by atoms with Gasteiger partial charge in [0.25, 0.3) is 0 Å². The number of carbonyl (C=O) groups excluding carboxylic acids is 1. The molecule has 2 rings (SSSR count). The molecule has 0 saturated heterocycles. The third-order valence-corrected chi connectivity index (χ3v) is 4.73. The van der Waals surface area contributed by atoms with Crippen molar-refractivity contribution in [3.63, 3.8) is 0 Å². The Labute approximate surface area is 109 Å². The predicted octanol–water partition coefficient (Wildman–Crippen LogP) is 1.17. The van der Waals surface area contributed by atoms with Crippen LogP contribution in [-0.4, -0.2) is 30.2 Å². The quantitative estimate of drug-likeness (QED) is 0.689. The van der Waals surface area contributed by atoms with Crippen molar-refractivity contribution in [1.82, 2.24) is 5.32 Å². The third kappa shape index (κ3) is 3.45. The van der Waals surface area contributed by atoms with E-state index in [1.807, 2.05) is 0 Å². The lowest BCUT2D eigenvalue weighted by Crippen LogP contribution is -2.43. The number of rotatable bonds is 5. The lowest BCUT2D eigenvalue weighted by atomic mass is 9.66. The average Bonchev–Trinajstić information content (AvgIpc) is 2.31. The highest BCUT2D eigenvalue weighted by Crippen LogP contribution is 2.42. The van der Waals surface area contributed by atoms with Gasteiger partial charge in [-0.2, -0.15) is 0 Å². The van der Waals surface area contributed by atoms with Gasteiger partial charge in [-0.3, -0.25) is 4.79 Å². The molecule has 0 bridgehead atoms. The highest BCUT2D eigenvalue weighted by molar-refractivity contribution is 5.76. The average molecular weight is 254 g/mol. The van der Waals surface area contributed by atoms with Gasteiger partial charge in [0.05, 0.1) is 6.10 Å². The minimum atomic E-state index is -0.164. The Morgan fingerprint density at radius 1 is 1.33 bits per heavy atom. The maximum Gasteiger partial charge on any atom is 0.220 e. The molecule has 4 N–H and O–H groups in total. The molecule has 0 aliphatic heterocycles. The largest absolute Gasteiger partial charge is 0.393 e. The van der Waals surface area contributed by atoms with Crippen molar-refractivity contribution in [2.24, 2.45) is 17.1 Å². The number of nitrogens with one attached hydrogen (secondary N) is 1. The smallest absolute Gasteiger partial charge is 0.220 e. The summed E-state index contributed by atoms with van der Waals surface area (Å²) in [5, 5.41) is 12.6. The number of aliphatic hydroxyl groups excluding tert-OH is 1. The molecule has 4 heteroatoms. The highest BCUT2D eigenvalue weighted by atomic mass is 16.3. The molecule has 18 heavy (non-hydrogen) atoms. The fraction of sp³-hybridized carbons (Fsp3) is 0.929. The number of amides is 1. The fourth-order valence-corrected chi connectivity index (χ4v) is 3.24. The van der Waals surface area contributed by atoms with Crippen molar-refractivity contribution in [2.45, 2.75) is 57.5 Å². The molecule has 2 atom stereocenters. The summed E-state index contributed by atoms with van der Waals surface area (Å²) in [6.07, 6.45) is 7.77. The van der Waals surface area contributed by atoms with Crippen molar-refractivity contribution in [3.8, 4) is 0 Å². The van der Waals surface area contributed by atoms with Gasteiger partial charge in [0, 0.05) is 13.0 Å². The van der Waals surface area contributed by atoms with Crippen molar-refractivity contribution in [2.75, 3.05) is 13.1 Å². The van der Waals surface area contributed by atoms with Crippen LogP contribution in [-0.2, 0) is 4.79 Å². The molecule has 1 amide bonds. The second-order valence-electron chi connectivity index (χ2n) is 6.22. The Balaban J connectivity index is 1.68. The normalized spacial score (nSPS) is 30.6. The second kappa shape index (κ2) is 6.02. The van der Waals surface area contributed by atoms with Crippen LogP contribution in [0.3, 0.4) is 0 Å². The summed E-state index contributed by atoms with van der Waals surface area (Å²) in [7, 11) is 0. The number of nitrogens with two attached hydrogens (primary N) is 1. The first kappa shape index (κ1) is 13.8. The van der Waals surface area contributed by atoms with E-state index in [-0.39, 0.29) is 17.4 Å². The van der Waals surface area contributed by atoms with E-state index < -0.39 is 0 Å². The van der Waals surface area contributed by atoms with E-state index in [1.165, 1.54) is 6.42 Å². The molecule has 4 nitrogen and oxygen atoms in total. The predicted molar refractivity (Wildman–Crippen MR) is 70.9 cm³/mol. The second-order valence-corrected chi connectivity index (χ2v) is 6.22. The first-order chi connectivity index (χ1) is 8.63. The molecule has 0 aromatic carbocycles. The molecule has 2 aliphatic rings. The van der Waals surface area contributed by atoms with Gasteiger partial charge in [0.1, 0.15) is 0 Å². The molecular formula is C14H26N2O2. The van der Waals surface area contributed by atoms with E-state index in [1.54, 1.807) is 0 Å². The van der Waals surface area contributed by atoms with Crippen LogP contribution in [0.15, 0.2) is 0 Å². The molecule has 2 fully saturated rings. The molecule has 0 heterocycles. The van der Waals surface area contributed by atoms with Crippen LogP contribution < -0.4 is 11.1 Å².